The van der Waals surface area contributed by atoms with E-state index in [1.807, 2.05) is 45.0 Å². The molecule has 0 saturated carbocycles. The SMILES string of the molecule is Cc1cc(C)c2oc(-c3ccc(C)c(N=Cc4cc5c(cc4[N+](=O)[O-])OCO5)c3)nc2c1. The zero-order valence-electron chi connectivity index (χ0n) is 17.7. The second-order valence-corrected chi connectivity index (χ2v) is 7.73. The molecule has 1 aliphatic heterocycles. The van der Waals surface area contributed by atoms with Gasteiger partial charge in [-0.15, -0.1) is 0 Å². The van der Waals surface area contributed by atoms with Crippen LogP contribution in [0.2, 0.25) is 0 Å². The van der Waals surface area contributed by atoms with Crippen LogP contribution in [0, 0.1) is 30.9 Å². The Balaban J connectivity index is 1.54. The number of nitro groups is 1. The molecule has 5 rings (SSSR count). The fourth-order valence-electron chi connectivity index (χ4n) is 3.73. The second kappa shape index (κ2) is 7.49. The lowest BCUT2D eigenvalue weighted by Crippen LogP contribution is -1.95. The van der Waals surface area contributed by atoms with Crippen molar-refractivity contribution in [3.8, 4) is 23.0 Å². The molecule has 3 aromatic carbocycles. The van der Waals surface area contributed by atoms with Crippen LogP contribution < -0.4 is 9.47 Å². The molecular weight excluding hydrogens is 410 g/mol. The standard InChI is InChI=1S/C24H19N3O5/c1-13-6-15(3)23-19(7-13)26-24(32-23)16-5-4-14(2)18(8-16)25-11-17-9-21-22(31-12-30-21)10-20(17)27(28)29/h4-11H,12H2,1-3H3. The van der Waals surface area contributed by atoms with Gasteiger partial charge in [0.1, 0.15) is 5.52 Å². The summed E-state index contributed by atoms with van der Waals surface area (Å²) in [7, 11) is 0. The minimum absolute atomic E-state index is 0.0394. The maximum absolute atomic E-state index is 11.5. The number of nitro benzene ring substituents is 1. The number of ether oxygens (including phenoxy) is 2. The molecule has 0 N–H and O–H groups in total. The van der Waals surface area contributed by atoms with Crippen molar-refractivity contribution in [1.29, 1.82) is 0 Å². The van der Waals surface area contributed by atoms with Crippen LogP contribution in [0.3, 0.4) is 0 Å². The molecule has 8 nitrogen and oxygen atoms in total. The summed E-state index contributed by atoms with van der Waals surface area (Å²) in [6, 6.07) is 12.7. The number of hydrogen-bond acceptors (Lipinski definition) is 7. The number of aromatic nitrogens is 1. The van der Waals surface area contributed by atoms with Gasteiger partial charge in [-0.1, -0.05) is 12.1 Å². The third-order valence-corrected chi connectivity index (χ3v) is 5.34. The van der Waals surface area contributed by atoms with E-state index in [0.29, 0.717) is 28.6 Å². The highest BCUT2D eigenvalue weighted by Gasteiger charge is 2.22. The Morgan fingerprint density at radius 2 is 1.81 bits per heavy atom. The van der Waals surface area contributed by atoms with Gasteiger partial charge in [0, 0.05) is 11.8 Å². The van der Waals surface area contributed by atoms with Crippen molar-refractivity contribution in [2.45, 2.75) is 20.8 Å². The molecule has 2 heterocycles. The zero-order valence-corrected chi connectivity index (χ0v) is 17.7. The van der Waals surface area contributed by atoms with Gasteiger partial charge in [-0.3, -0.25) is 15.1 Å². The predicted molar refractivity (Wildman–Crippen MR) is 120 cm³/mol. The molecule has 1 aromatic heterocycles. The fourth-order valence-corrected chi connectivity index (χ4v) is 3.73. The van der Waals surface area contributed by atoms with Gasteiger partial charge >= 0.3 is 0 Å². The maximum Gasteiger partial charge on any atom is 0.282 e. The number of fused-ring (bicyclic) bond motifs is 2. The number of rotatable bonds is 4. The summed E-state index contributed by atoms with van der Waals surface area (Å²) in [5.41, 5.74) is 6.28. The van der Waals surface area contributed by atoms with E-state index in [-0.39, 0.29) is 12.5 Å². The van der Waals surface area contributed by atoms with E-state index >= 15 is 0 Å². The summed E-state index contributed by atoms with van der Waals surface area (Å²) < 4.78 is 16.6. The number of aliphatic imine (C=N–C) groups is 1. The van der Waals surface area contributed by atoms with E-state index in [0.717, 1.165) is 33.4 Å². The van der Waals surface area contributed by atoms with E-state index in [9.17, 15) is 10.1 Å². The Labute approximate surface area is 183 Å². The summed E-state index contributed by atoms with van der Waals surface area (Å²) >= 11 is 0. The normalized spacial score (nSPS) is 12.7. The third-order valence-electron chi connectivity index (χ3n) is 5.34. The number of hydrogen-bond donors (Lipinski definition) is 0. The van der Waals surface area contributed by atoms with Crippen LogP contribution in [-0.2, 0) is 0 Å². The van der Waals surface area contributed by atoms with Crippen LogP contribution in [0.5, 0.6) is 11.5 Å². The molecule has 0 amide bonds. The van der Waals surface area contributed by atoms with Crippen LogP contribution in [-0.4, -0.2) is 22.9 Å². The third kappa shape index (κ3) is 3.45. The molecule has 0 spiro atoms. The van der Waals surface area contributed by atoms with Crippen molar-refractivity contribution >= 4 is 28.7 Å². The molecule has 1 aliphatic rings. The monoisotopic (exact) mass is 429 g/mol. The topological polar surface area (TPSA) is 100.0 Å². The molecular formula is C24H19N3O5. The zero-order chi connectivity index (χ0) is 22.4. The van der Waals surface area contributed by atoms with Crippen molar-refractivity contribution < 1.29 is 18.8 Å². The van der Waals surface area contributed by atoms with Crippen molar-refractivity contribution in [1.82, 2.24) is 4.98 Å². The van der Waals surface area contributed by atoms with Gasteiger partial charge < -0.3 is 13.9 Å². The Bertz CT molecular complexity index is 1420. The van der Waals surface area contributed by atoms with E-state index in [1.54, 1.807) is 6.07 Å². The van der Waals surface area contributed by atoms with Gasteiger partial charge in [0.2, 0.25) is 12.7 Å². The van der Waals surface area contributed by atoms with Gasteiger partial charge in [-0.05, 0) is 61.7 Å². The summed E-state index contributed by atoms with van der Waals surface area (Å²) in [5, 5.41) is 11.5. The second-order valence-electron chi connectivity index (χ2n) is 7.73. The largest absolute Gasteiger partial charge is 0.454 e. The molecule has 160 valence electrons. The van der Waals surface area contributed by atoms with Gasteiger partial charge in [-0.25, -0.2) is 4.98 Å². The molecule has 0 saturated heterocycles. The highest BCUT2D eigenvalue weighted by atomic mass is 16.7. The first-order chi connectivity index (χ1) is 15.4. The van der Waals surface area contributed by atoms with E-state index in [2.05, 4.69) is 16.0 Å². The first-order valence-electron chi connectivity index (χ1n) is 10.00. The quantitative estimate of drug-likeness (QED) is 0.231. The highest BCUT2D eigenvalue weighted by molar-refractivity contribution is 5.89. The molecule has 8 heteroatoms. The number of benzene rings is 3. The lowest BCUT2D eigenvalue weighted by atomic mass is 10.1. The Morgan fingerprint density at radius 1 is 1.03 bits per heavy atom. The Morgan fingerprint density at radius 3 is 2.59 bits per heavy atom. The van der Waals surface area contributed by atoms with E-state index < -0.39 is 4.92 Å². The van der Waals surface area contributed by atoms with Gasteiger partial charge in [0.05, 0.1) is 22.2 Å². The van der Waals surface area contributed by atoms with Crippen molar-refractivity contribution in [2.75, 3.05) is 6.79 Å². The van der Waals surface area contributed by atoms with Crippen molar-refractivity contribution in [2.24, 2.45) is 4.99 Å². The molecule has 0 atom stereocenters. The lowest BCUT2D eigenvalue weighted by molar-refractivity contribution is -0.385. The average Bonchev–Trinajstić information content (AvgIpc) is 3.39. The van der Waals surface area contributed by atoms with Crippen LogP contribution in [0.1, 0.15) is 22.3 Å². The fraction of sp³-hybridized carbons (Fsp3) is 0.167. The smallest absolute Gasteiger partial charge is 0.282 e. The minimum atomic E-state index is -0.463. The minimum Gasteiger partial charge on any atom is -0.454 e. The summed E-state index contributed by atoms with van der Waals surface area (Å²) in [6.45, 7) is 5.98. The van der Waals surface area contributed by atoms with E-state index in [1.165, 1.54) is 12.3 Å². The van der Waals surface area contributed by atoms with Crippen molar-refractivity contribution in [3.63, 3.8) is 0 Å². The van der Waals surface area contributed by atoms with Gasteiger partial charge in [0.15, 0.2) is 17.1 Å². The van der Waals surface area contributed by atoms with Crippen molar-refractivity contribution in [3.05, 3.63) is 74.8 Å². The van der Waals surface area contributed by atoms with Crippen LogP contribution in [0.4, 0.5) is 11.4 Å². The molecule has 4 aromatic rings. The highest BCUT2D eigenvalue weighted by Crippen LogP contribution is 2.38. The van der Waals surface area contributed by atoms with E-state index in [4.69, 9.17) is 13.9 Å². The summed E-state index contributed by atoms with van der Waals surface area (Å²) in [5.74, 6) is 1.31. The van der Waals surface area contributed by atoms with Crippen LogP contribution in [0.25, 0.3) is 22.6 Å². The summed E-state index contributed by atoms with van der Waals surface area (Å²) in [6.07, 6.45) is 1.46. The number of nitrogens with zero attached hydrogens (tertiary/aromatic N) is 3. The molecule has 0 fully saturated rings. The Kier molecular flexibility index (Phi) is 4.62. The van der Waals surface area contributed by atoms with Gasteiger partial charge in [0.25, 0.3) is 5.69 Å². The first-order valence-corrected chi connectivity index (χ1v) is 10.00. The maximum atomic E-state index is 11.5. The molecule has 0 bridgehead atoms. The lowest BCUT2D eigenvalue weighted by Gasteiger charge is -2.04. The number of aryl methyl sites for hydroxylation is 3. The molecule has 32 heavy (non-hydrogen) atoms. The first kappa shape index (κ1) is 19.7. The molecule has 0 radical (unpaired) electrons. The van der Waals surface area contributed by atoms with Crippen LogP contribution >= 0.6 is 0 Å². The Hall–Kier alpha value is -4.20. The number of oxazole rings is 1. The molecule has 0 aliphatic carbocycles. The summed E-state index contributed by atoms with van der Waals surface area (Å²) in [4.78, 5) is 20.2. The predicted octanol–water partition coefficient (Wildman–Crippen LogP) is 5.81. The van der Waals surface area contributed by atoms with Crippen LogP contribution in [0.15, 0.2) is 51.9 Å². The van der Waals surface area contributed by atoms with Gasteiger partial charge in [-0.2, -0.15) is 0 Å². The average molecular weight is 429 g/mol. The molecule has 0 unspecified atom stereocenters.